The molecule has 2 aliphatic rings. The van der Waals surface area contributed by atoms with Gasteiger partial charge in [0.15, 0.2) is 0 Å². The number of benzene rings is 1. The van der Waals surface area contributed by atoms with Gasteiger partial charge in [0, 0.05) is 30.7 Å². The Bertz CT molecular complexity index is 868. The van der Waals surface area contributed by atoms with Gasteiger partial charge < -0.3 is 9.88 Å². The fraction of sp³-hybridized carbons (Fsp3) is 0.389. The highest BCUT2D eigenvalue weighted by Gasteiger charge is 2.51. The highest BCUT2D eigenvalue weighted by atomic mass is 16.2. The number of nitrogens with zero attached hydrogens (tertiary/aromatic N) is 2. The van der Waals surface area contributed by atoms with E-state index in [9.17, 15) is 14.4 Å². The number of likely N-dealkylation sites (tertiary alicyclic amines) is 1. The molecule has 1 N–H and O–H groups in total. The maximum atomic E-state index is 12.9. The fourth-order valence-electron chi connectivity index (χ4n) is 3.91. The van der Waals surface area contributed by atoms with Crippen LogP contribution in [-0.2, 0) is 20.8 Å². The number of carbonyl (C=O) groups is 3. The summed E-state index contributed by atoms with van der Waals surface area (Å²) in [6.07, 6.45) is 1.39. The van der Waals surface area contributed by atoms with Crippen molar-refractivity contribution in [1.29, 1.82) is 0 Å². The molecular formula is C18H19N3O3. The Hall–Kier alpha value is -2.63. The SMILES string of the molecule is CN(C)C(=O)CN1C(=O)[C@H]2CCc3[nH]c4ccccc4c3[C@H]2C1=O. The van der Waals surface area contributed by atoms with Gasteiger partial charge in [-0.05, 0) is 24.5 Å². The van der Waals surface area contributed by atoms with E-state index >= 15 is 0 Å². The zero-order chi connectivity index (χ0) is 17.0. The smallest absolute Gasteiger partial charge is 0.242 e. The molecule has 2 aromatic rings. The van der Waals surface area contributed by atoms with E-state index in [2.05, 4.69) is 4.98 Å². The van der Waals surface area contributed by atoms with Crippen molar-refractivity contribution in [2.45, 2.75) is 18.8 Å². The van der Waals surface area contributed by atoms with Crippen molar-refractivity contribution in [2.24, 2.45) is 5.92 Å². The Kier molecular flexibility index (Phi) is 3.23. The lowest BCUT2D eigenvalue weighted by Gasteiger charge is -2.21. The Morgan fingerprint density at radius 3 is 2.75 bits per heavy atom. The second-order valence-electron chi connectivity index (χ2n) is 6.74. The van der Waals surface area contributed by atoms with Gasteiger partial charge in [0.2, 0.25) is 17.7 Å². The number of fused-ring (bicyclic) bond motifs is 5. The number of aromatic nitrogens is 1. The number of hydrogen-bond donors (Lipinski definition) is 1. The number of para-hydroxylation sites is 1. The molecule has 2 heterocycles. The number of hydrogen-bond acceptors (Lipinski definition) is 3. The first-order chi connectivity index (χ1) is 11.5. The topological polar surface area (TPSA) is 73.5 Å². The van der Waals surface area contributed by atoms with Crippen molar-refractivity contribution in [3.8, 4) is 0 Å². The average Bonchev–Trinajstić information content (AvgIpc) is 3.05. The predicted molar refractivity (Wildman–Crippen MR) is 88.3 cm³/mol. The summed E-state index contributed by atoms with van der Waals surface area (Å²) in [5.74, 6) is -1.51. The third kappa shape index (κ3) is 1.99. The molecule has 6 heteroatoms. The lowest BCUT2D eigenvalue weighted by Crippen LogP contribution is -2.40. The van der Waals surface area contributed by atoms with Gasteiger partial charge in [0.05, 0.1) is 11.8 Å². The molecule has 24 heavy (non-hydrogen) atoms. The van der Waals surface area contributed by atoms with Crippen LogP contribution in [0.5, 0.6) is 0 Å². The normalized spacial score (nSPS) is 22.7. The monoisotopic (exact) mass is 325 g/mol. The maximum Gasteiger partial charge on any atom is 0.242 e. The molecule has 1 aromatic heterocycles. The van der Waals surface area contributed by atoms with Crippen molar-refractivity contribution < 1.29 is 14.4 Å². The average molecular weight is 325 g/mol. The molecule has 2 atom stereocenters. The van der Waals surface area contributed by atoms with Crippen molar-refractivity contribution >= 4 is 28.6 Å². The van der Waals surface area contributed by atoms with Gasteiger partial charge in [-0.25, -0.2) is 0 Å². The Balaban J connectivity index is 1.77. The number of amides is 3. The molecular weight excluding hydrogens is 306 g/mol. The van der Waals surface area contributed by atoms with Crippen LogP contribution in [-0.4, -0.2) is 53.1 Å². The lowest BCUT2D eigenvalue weighted by atomic mass is 9.78. The molecule has 6 nitrogen and oxygen atoms in total. The molecule has 1 aromatic carbocycles. The summed E-state index contributed by atoms with van der Waals surface area (Å²) in [6, 6.07) is 7.86. The molecule has 3 amide bonds. The van der Waals surface area contributed by atoms with E-state index in [0.29, 0.717) is 6.42 Å². The molecule has 0 bridgehead atoms. The molecule has 124 valence electrons. The van der Waals surface area contributed by atoms with E-state index in [1.165, 1.54) is 4.90 Å². The molecule has 0 spiro atoms. The van der Waals surface area contributed by atoms with E-state index < -0.39 is 5.92 Å². The number of aromatic amines is 1. The van der Waals surface area contributed by atoms with Gasteiger partial charge in [-0.15, -0.1) is 0 Å². The molecule has 4 rings (SSSR count). The Labute approximate surface area is 139 Å². The fourth-order valence-corrected chi connectivity index (χ4v) is 3.91. The zero-order valence-electron chi connectivity index (χ0n) is 13.7. The molecule has 1 saturated heterocycles. The first-order valence-corrected chi connectivity index (χ1v) is 8.14. The highest BCUT2D eigenvalue weighted by molar-refractivity contribution is 6.11. The number of aryl methyl sites for hydroxylation is 1. The standard InChI is InChI=1S/C18H19N3O3/c1-20(2)14(22)9-21-17(23)11-7-8-13-15(16(11)18(21)24)10-5-3-4-6-12(10)19-13/h3-6,11,16,19H,7-9H2,1-2H3/t11-,16-/m0/s1. The van der Waals surface area contributed by atoms with Crippen molar-refractivity contribution in [3.63, 3.8) is 0 Å². The summed E-state index contributed by atoms with van der Waals surface area (Å²) in [7, 11) is 3.25. The van der Waals surface area contributed by atoms with Crippen LogP contribution in [0, 0.1) is 5.92 Å². The number of imide groups is 1. The molecule has 1 fully saturated rings. The second kappa shape index (κ2) is 5.19. The van der Waals surface area contributed by atoms with Gasteiger partial charge in [-0.3, -0.25) is 19.3 Å². The number of H-pyrrole nitrogens is 1. The lowest BCUT2D eigenvalue weighted by molar-refractivity contribution is -0.145. The first kappa shape index (κ1) is 14.9. The summed E-state index contributed by atoms with van der Waals surface area (Å²) in [5, 5.41) is 1.00. The Morgan fingerprint density at radius 2 is 2.00 bits per heavy atom. The summed E-state index contributed by atoms with van der Waals surface area (Å²) in [5.41, 5.74) is 2.98. The summed E-state index contributed by atoms with van der Waals surface area (Å²) >= 11 is 0. The van der Waals surface area contributed by atoms with E-state index in [-0.39, 0.29) is 30.2 Å². The number of carbonyl (C=O) groups excluding carboxylic acids is 3. The number of nitrogens with one attached hydrogen (secondary N) is 1. The van der Waals surface area contributed by atoms with Crippen LogP contribution in [0.25, 0.3) is 10.9 Å². The predicted octanol–water partition coefficient (Wildman–Crippen LogP) is 1.27. The maximum absolute atomic E-state index is 12.9. The summed E-state index contributed by atoms with van der Waals surface area (Å²) < 4.78 is 0. The van der Waals surface area contributed by atoms with Crippen molar-refractivity contribution in [1.82, 2.24) is 14.8 Å². The van der Waals surface area contributed by atoms with Crippen LogP contribution in [0.15, 0.2) is 24.3 Å². The van der Waals surface area contributed by atoms with Crippen LogP contribution in [0.1, 0.15) is 23.6 Å². The van der Waals surface area contributed by atoms with Gasteiger partial charge in [0.25, 0.3) is 0 Å². The van der Waals surface area contributed by atoms with E-state index in [1.54, 1.807) is 14.1 Å². The van der Waals surface area contributed by atoms with Crippen LogP contribution < -0.4 is 0 Å². The highest BCUT2D eigenvalue weighted by Crippen LogP contribution is 2.45. The van der Waals surface area contributed by atoms with Gasteiger partial charge in [0.1, 0.15) is 6.54 Å². The third-order valence-electron chi connectivity index (χ3n) is 5.15. The quantitative estimate of drug-likeness (QED) is 0.845. The van der Waals surface area contributed by atoms with Gasteiger partial charge in [-0.1, -0.05) is 18.2 Å². The van der Waals surface area contributed by atoms with Crippen LogP contribution in [0.3, 0.4) is 0 Å². The molecule has 0 unspecified atom stereocenters. The van der Waals surface area contributed by atoms with Crippen molar-refractivity contribution in [2.75, 3.05) is 20.6 Å². The minimum Gasteiger partial charge on any atom is -0.358 e. The number of likely N-dealkylation sites (N-methyl/N-ethyl adjacent to an activating group) is 1. The molecule has 0 saturated carbocycles. The van der Waals surface area contributed by atoms with Crippen LogP contribution >= 0.6 is 0 Å². The van der Waals surface area contributed by atoms with Crippen LogP contribution in [0.4, 0.5) is 0 Å². The van der Waals surface area contributed by atoms with Crippen LogP contribution in [0.2, 0.25) is 0 Å². The van der Waals surface area contributed by atoms with Gasteiger partial charge in [-0.2, -0.15) is 0 Å². The molecule has 1 aliphatic carbocycles. The summed E-state index contributed by atoms with van der Waals surface area (Å²) in [4.78, 5) is 43.5. The second-order valence-corrected chi connectivity index (χ2v) is 6.74. The first-order valence-electron chi connectivity index (χ1n) is 8.14. The molecule has 1 aliphatic heterocycles. The number of rotatable bonds is 2. The van der Waals surface area contributed by atoms with Crippen molar-refractivity contribution in [3.05, 3.63) is 35.5 Å². The van der Waals surface area contributed by atoms with E-state index in [4.69, 9.17) is 0 Å². The minimum atomic E-state index is -0.465. The zero-order valence-corrected chi connectivity index (χ0v) is 13.7. The Morgan fingerprint density at radius 1 is 1.25 bits per heavy atom. The summed E-state index contributed by atoms with van der Waals surface area (Å²) in [6.45, 7) is -0.171. The molecule has 0 radical (unpaired) electrons. The minimum absolute atomic E-state index is 0.171. The van der Waals surface area contributed by atoms with E-state index in [1.807, 2.05) is 24.3 Å². The van der Waals surface area contributed by atoms with E-state index in [0.717, 1.165) is 33.5 Å². The third-order valence-corrected chi connectivity index (χ3v) is 5.15. The van der Waals surface area contributed by atoms with Gasteiger partial charge >= 0.3 is 0 Å². The largest absolute Gasteiger partial charge is 0.358 e.